The van der Waals surface area contributed by atoms with E-state index in [1.165, 1.54) is 0 Å². The van der Waals surface area contributed by atoms with Crippen molar-refractivity contribution in [3.8, 4) is 0 Å². The molecular formula is C13H23NO3S. The highest BCUT2D eigenvalue weighted by molar-refractivity contribution is 7.91. The van der Waals surface area contributed by atoms with Crippen molar-refractivity contribution >= 4 is 9.84 Å². The fourth-order valence-corrected chi connectivity index (χ4v) is 2.57. The molecule has 0 aromatic carbocycles. The molecule has 1 aromatic heterocycles. The third-order valence-corrected chi connectivity index (χ3v) is 4.76. The van der Waals surface area contributed by atoms with Crippen molar-refractivity contribution in [2.45, 2.75) is 39.2 Å². The van der Waals surface area contributed by atoms with E-state index in [9.17, 15) is 8.42 Å². The summed E-state index contributed by atoms with van der Waals surface area (Å²) in [4.78, 5) is 0. The van der Waals surface area contributed by atoms with Crippen LogP contribution in [0.2, 0.25) is 0 Å². The van der Waals surface area contributed by atoms with Crippen LogP contribution in [0.25, 0.3) is 0 Å². The molecule has 18 heavy (non-hydrogen) atoms. The Kier molecular flexibility index (Phi) is 6.43. The minimum absolute atomic E-state index is 0.237. The first-order valence-electron chi connectivity index (χ1n) is 6.49. The van der Waals surface area contributed by atoms with E-state index in [-0.39, 0.29) is 11.5 Å². The van der Waals surface area contributed by atoms with Gasteiger partial charge in [0.2, 0.25) is 0 Å². The maximum absolute atomic E-state index is 11.3. The van der Waals surface area contributed by atoms with Gasteiger partial charge in [0.25, 0.3) is 0 Å². The van der Waals surface area contributed by atoms with E-state index in [1.807, 2.05) is 12.1 Å². The Morgan fingerprint density at radius 1 is 1.44 bits per heavy atom. The average molecular weight is 273 g/mol. The van der Waals surface area contributed by atoms with E-state index in [0.29, 0.717) is 12.5 Å². The first kappa shape index (κ1) is 15.2. The quantitative estimate of drug-likeness (QED) is 0.699. The van der Waals surface area contributed by atoms with Crippen LogP contribution in [0.4, 0.5) is 0 Å². The maximum atomic E-state index is 11.3. The second-order valence-electron chi connectivity index (χ2n) is 4.56. The third kappa shape index (κ3) is 6.21. The molecule has 0 saturated heterocycles. The highest BCUT2D eigenvalue weighted by Crippen LogP contribution is 2.05. The molecule has 0 aliphatic heterocycles. The number of nitrogens with one attached hydrogen (secondary N) is 1. The Hall–Kier alpha value is -0.810. The van der Waals surface area contributed by atoms with Crippen LogP contribution < -0.4 is 5.32 Å². The molecule has 0 amide bonds. The number of aryl methyl sites for hydroxylation is 1. The third-order valence-electron chi connectivity index (χ3n) is 2.97. The van der Waals surface area contributed by atoms with Gasteiger partial charge in [0.05, 0.1) is 12.0 Å². The number of furan rings is 1. The lowest BCUT2D eigenvalue weighted by Gasteiger charge is -2.12. The topological polar surface area (TPSA) is 59.3 Å². The fourth-order valence-electron chi connectivity index (χ4n) is 1.70. The molecule has 0 bridgehead atoms. The van der Waals surface area contributed by atoms with Gasteiger partial charge in [-0.25, -0.2) is 8.42 Å². The molecule has 1 rings (SSSR count). The smallest absolute Gasteiger partial charge is 0.150 e. The van der Waals surface area contributed by atoms with Crippen molar-refractivity contribution in [3.05, 3.63) is 24.2 Å². The molecule has 1 heterocycles. The van der Waals surface area contributed by atoms with Gasteiger partial charge in [-0.2, -0.15) is 0 Å². The van der Waals surface area contributed by atoms with Crippen LogP contribution in [0, 0.1) is 0 Å². The van der Waals surface area contributed by atoms with Gasteiger partial charge in [-0.15, -0.1) is 0 Å². The summed E-state index contributed by atoms with van der Waals surface area (Å²) in [6.07, 6.45) is 4.27. The summed E-state index contributed by atoms with van der Waals surface area (Å²) in [6, 6.07) is 4.24. The zero-order chi connectivity index (χ0) is 13.4. The molecule has 1 aromatic rings. The lowest BCUT2D eigenvalue weighted by atomic mass is 10.1. The first-order valence-corrected chi connectivity index (χ1v) is 8.32. The van der Waals surface area contributed by atoms with Crippen molar-refractivity contribution in [2.24, 2.45) is 0 Å². The molecule has 0 spiro atoms. The standard InChI is InChI=1S/C13H23NO3S/c1-3-18(15,16)11-5-9-14-12(2)7-8-13-6-4-10-17-13/h4,6,10,12,14H,3,5,7-9,11H2,1-2H3. The summed E-state index contributed by atoms with van der Waals surface area (Å²) in [6.45, 7) is 4.55. The minimum Gasteiger partial charge on any atom is -0.469 e. The molecule has 0 saturated carbocycles. The van der Waals surface area contributed by atoms with Crippen molar-refractivity contribution in [1.82, 2.24) is 5.32 Å². The highest BCUT2D eigenvalue weighted by Gasteiger charge is 2.07. The summed E-state index contributed by atoms with van der Waals surface area (Å²) in [7, 11) is -2.82. The summed E-state index contributed by atoms with van der Waals surface area (Å²) in [5, 5.41) is 3.34. The minimum atomic E-state index is -2.82. The molecule has 1 atom stereocenters. The summed E-state index contributed by atoms with van der Waals surface area (Å²) in [5.41, 5.74) is 0. The van der Waals surface area contributed by atoms with Crippen LogP contribution in [-0.2, 0) is 16.3 Å². The average Bonchev–Trinajstić information content (AvgIpc) is 2.85. The number of rotatable bonds is 9. The number of hydrogen-bond acceptors (Lipinski definition) is 4. The Balaban J connectivity index is 2.08. The highest BCUT2D eigenvalue weighted by atomic mass is 32.2. The van der Waals surface area contributed by atoms with Gasteiger partial charge in [0.1, 0.15) is 15.6 Å². The normalized spacial score (nSPS) is 13.7. The van der Waals surface area contributed by atoms with Crippen LogP contribution >= 0.6 is 0 Å². The SMILES string of the molecule is CCS(=O)(=O)CCCNC(C)CCc1ccco1. The summed E-state index contributed by atoms with van der Waals surface area (Å²) >= 11 is 0. The lowest BCUT2D eigenvalue weighted by Crippen LogP contribution is -2.28. The van der Waals surface area contributed by atoms with Crippen molar-refractivity contribution in [3.63, 3.8) is 0 Å². The molecule has 0 aliphatic carbocycles. The van der Waals surface area contributed by atoms with Gasteiger partial charge in [-0.1, -0.05) is 6.92 Å². The van der Waals surface area contributed by atoms with Crippen molar-refractivity contribution in [1.29, 1.82) is 0 Å². The fraction of sp³-hybridized carbons (Fsp3) is 0.692. The zero-order valence-corrected chi connectivity index (χ0v) is 12.0. The Bertz CT molecular complexity index is 411. The predicted molar refractivity (Wildman–Crippen MR) is 73.4 cm³/mol. The molecule has 5 heteroatoms. The van der Waals surface area contributed by atoms with E-state index in [0.717, 1.165) is 25.1 Å². The van der Waals surface area contributed by atoms with E-state index in [1.54, 1.807) is 13.2 Å². The van der Waals surface area contributed by atoms with Gasteiger partial charge in [0, 0.05) is 18.2 Å². The van der Waals surface area contributed by atoms with Crippen molar-refractivity contribution < 1.29 is 12.8 Å². The van der Waals surface area contributed by atoms with Crippen LogP contribution in [0.1, 0.15) is 32.4 Å². The summed E-state index contributed by atoms with van der Waals surface area (Å²) in [5.74, 6) is 1.51. The molecule has 1 N–H and O–H groups in total. The van der Waals surface area contributed by atoms with E-state index >= 15 is 0 Å². The van der Waals surface area contributed by atoms with Gasteiger partial charge < -0.3 is 9.73 Å². The van der Waals surface area contributed by atoms with Crippen LogP contribution in [0.5, 0.6) is 0 Å². The van der Waals surface area contributed by atoms with E-state index in [2.05, 4.69) is 12.2 Å². The van der Waals surface area contributed by atoms with Crippen LogP contribution in [0.15, 0.2) is 22.8 Å². The molecule has 4 nitrogen and oxygen atoms in total. The second-order valence-corrected chi connectivity index (χ2v) is 7.04. The van der Waals surface area contributed by atoms with Crippen LogP contribution in [0.3, 0.4) is 0 Å². The molecule has 1 unspecified atom stereocenters. The molecule has 104 valence electrons. The second kappa shape index (κ2) is 7.59. The molecular weight excluding hydrogens is 250 g/mol. The first-order chi connectivity index (χ1) is 8.53. The predicted octanol–water partition coefficient (Wildman–Crippen LogP) is 2.02. The lowest BCUT2D eigenvalue weighted by molar-refractivity contribution is 0.460. The Morgan fingerprint density at radius 2 is 2.22 bits per heavy atom. The Morgan fingerprint density at radius 3 is 2.83 bits per heavy atom. The van der Waals surface area contributed by atoms with E-state index < -0.39 is 9.84 Å². The monoisotopic (exact) mass is 273 g/mol. The molecule has 0 aliphatic rings. The Labute approximate surface area is 110 Å². The van der Waals surface area contributed by atoms with Crippen molar-refractivity contribution in [2.75, 3.05) is 18.1 Å². The molecule has 0 fully saturated rings. The zero-order valence-electron chi connectivity index (χ0n) is 11.2. The number of sulfone groups is 1. The number of hydrogen-bond donors (Lipinski definition) is 1. The summed E-state index contributed by atoms with van der Waals surface area (Å²) < 4.78 is 27.8. The van der Waals surface area contributed by atoms with Crippen LogP contribution in [-0.4, -0.2) is 32.5 Å². The molecule has 0 radical (unpaired) electrons. The van der Waals surface area contributed by atoms with Gasteiger partial charge >= 0.3 is 0 Å². The van der Waals surface area contributed by atoms with Gasteiger partial charge in [-0.05, 0) is 38.4 Å². The van der Waals surface area contributed by atoms with E-state index in [4.69, 9.17) is 4.42 Å². The maximum Gasteiger partial charge on any atom is 0.150 e. The van der Waals surface area contributed by atoms with Gasteiger partial charge in [0.15, 0.2) is 0 Å². The van der Waals surface area contributed by atoms with Gasteiger partial charge in [-0.3, -0.25) is 0 Å². The largest absolute Gasteiger partial charge is 0.469 e.